The van der Waals surface area contributed by atoms with Crippen molar-refractivity contribution in [3.63, 3.8) is 0 Å². The highest BCUT2D eigenvalue weighted by atomic mass is 35.6. The maximum absolute atomic E-state index is 12.6. The first-order chi connectivity index (χ1) is 15.5. The SMILES string of the molecule is CN(C)CCn1nnnc1SCC1=C(C(=O)O)N2C(=O)C(NC(=O)OCC(Cl)(Cl)Cl)[C@@H]2SC1. The summed E-state index contributed by atoms with van der Waals surface area (Å²) in [5.74, 6) is -1.15. The third-order valence-corrected chi connectivity index (χ3v) is 7.23. The molecule has 3 rings (SSSR count). The van der Waals surface area contributed by atoms with E-state index in [1.165, 1.54) is 28.4 Å². The van der Waals surface area contributed by atoms with Gasteiger partial charge in [0.05, 0.1) is 6.54 Å². The number of hydrogen-bond donors (Lipinski definition) is 2. The van der Waals surface area contributed by atoms with Crippen molar-refractivity contribution in [2.45, 2.75) is 26.9 Å². The summed E-state index contributed by atoms with van der Waals surface area (Å²) in [7, 11) is 3.87. The quantitative estimate of drug-likeness (QED) is 0.254. The molecule has 17 heteroatoms. The van der Waals surface area contributed by atoms with Crippen LogP contribution in [0, 0.1) is 0 Å². The third-order valence-electron chi connectivity index (χ3n) is 4.52. The molecular formula is C16H20Cl3N7O5S2. The molecule has 182 valence electrons. The van der Waals surface area contributed by atoms with Crippen molar-refractivity contribution in [1.29, 1.82) is 0 Å². The summed E-state index contributed by atoms with van der Waals surface area (Å²) in [5.41, 5.74) is 0.456. The van der Waals surface area contributed by atoms with Gasteiger partial charge in [-0.3, -0.25) is 9.69 Å². The number of hydrogen-bond acceptors (Lipinski definition) is 10. The van der Waals surface area contributed by atoms with E-state index in [-0.39, 0.29) is 11.4 Å². The number of nitrogens with zero attached hydrogens (tertiary/aromatic N) is 6. The summed E-state index contributed by atoms with van der Waals surface area (Å²) in [6.07, 6.45) is -0.938. The Morgan fingerprint density at radius 2 is 2.12 bits per heavy atom. The lowest BCUT2D eigenvalue weighted by Crippen LogP contribution is -2.70. The average molecular weight is 561 g/mol. The van der Waals surface area contributed by atoms with Crippen molar-refractivity contribution in [2.75, 3.05) is 38.8 Å². The molecule has 1 fully saturated rings. The molecule has 3 heterocycles. The Hall–Kier alpha value is -1.45. The minimum atomic E-state index is -1.79. The van der Waals surface area contributed by atoms with Crippen LogP contribution in [-0.2, 0) is 20.9 Å². The third kappa shape index (κ3) is 6.57. The van der Waals surface area contributed by atoms with E-state index in [4.69, 9.17) is 39.5 Å². The standard InChI is InChI=1S/C16H20Cl3N7O5S2/c1-24(2)3-4-25-14(21-22-23-25)33-6-8-5-32-12-9(11(27)26(12)10(8)13(28)29)20-15(30)31-7-16(17,18)19/h9,12H,3-7H2,1-2H3,(H,20,30)(H,28,29)/t9?,12-/m0/s1. The molecule has 1 saturated heterocycles. The van der Waals surface area contributed by atoms with Crippen LogP contribution in [0.25, 0.3) is 0 Å². The number of carboxylic acids is 1. The number of β-lactam (4-membered cyclic amide) rings is 1. The predicted molar refractivity (Wildman–Crippen MR) is 123 cm³/mol. The van der Waals surface area contributed by atoms with Gasteiger partial charge in [0.2, 0.25) is 8.95 Å². The van der Waals surface area contributed by atoms with E-state index in [1.54, 1.807) is 4.68 Å². The fourth-order valence-electron chi connectivity index (χ4n) is 3.00. The van der Waals surface area contributed by atoms with Crippen LogP contribution in [0.2, 0.25) is 0 Å². The van der Waals surface area contributed by atoms with E-state index >= 15 is 0 Å². The van der Waals surface area contributed by atoms with Gasteiger partial charge in [-0.05, 0) is 30.1 Å². The number of carbonyl (C=O) groups excluding carboxylic acids is 2. The maximum atomic E-state index is 12.6. The molecule has 2 amide bonds. The number of likely N-dealkylation sites (N-methyl/N-ethyl adjacent to an activating group) is 1. The summed E-state index contributed by atoms with van der Waals surface area (Å²) in [4.78, 5) is 39.7. The topological polar surface area (TPSA) is 143 Å². The molecule has 0 radical (unpaired) electrons. The Labute approximate surface area is 212 Å². The molecule has 33 heavy (non-hydrogen) atoms. The van der Waals surface area contributed by atoms with Crippen molar-refractivity contribution in [1.82, 2.24) is 35.3 Å². The normalized spacial score (nSPS) is 20.5. The zero-order valence-electron chi connectivity index (χ0n) is 17.4. The molecule has 2 aliphatic heterocycles. The Balaban J connectivity index is 1.65. The minimum Gasteiger partial charge on any atom is -0.477 e. The van der Waals surface area contributed by atoms with Gasteiger partial charge in [0.25, 0.3) is 5.91 Å². The number of carbonyl (C=O) groups is 3. The van der Waals surface area contributed by atoms with Crippen LogP contribution >= 0.6 is 58.3 Å². The molecule has 2 atom stereocenters. The van der Waals surface area contributed by atoms with Gasteiger partial charge < -0.3 is 20.1 Å². The number of carboxylic acid groups (broad SMARTS) is 1. The largest absolute Gasteiger partial charge is 0.477 e. The van der Waals surface area contributed by atoms with Crippen molar-refractivity contribution in [3.8, 4) is 0 Å². The van der Waals surface area contributed by atoms with Gasteiger partial charge in [-0.15, -0.1) is 16.9 Å². The van der Waals surface area contributed by atoms with E-state index in [0.29, 0.717) is 23.0 Å². The fourth-order valence-corrected chi connectivity index (χ4v) is 5.55. The van der Waals surface area contributed by atoms with Gasteiger partial charge in [0.15, 0.2) is 0 Å². The van der Waals surface area contributed by atoms with Crippen molar-refractivity contribution in [3.05, 3.63) is 11.3 Å². The van der Waals surface area contributed by atoms with Crippen molar-refractivity contribution in [2.24, 2.45) is 0 Å². The lowest BCUT2D eigenvalue weighted by Gasteiger charge is -2.49. The van der Waals surface area contributed by atoms with Crippen LogP contribution in [0.1, 0.15) is 0 Å². The lowest BCUT2D eigenvalue weighted by molar-refractivity contribution is -0.149. The van der Waals surface area contributed by atoms with Crippen molar-refractivity contribution >= 4 is 76.3 Å². The van der Waals surface area contributed by atoms with Crippen LogP contribution in [-0.4, -0.2) is 107 Å². The number of fused-ring (bicyclic) bond motifs is 1. The monoisotopic (exact) mass is 559 g/mol. The van der Waals surface area contributed by atoms with Crippen LogP contribution in [0.15, 0.2) is 16.4 Å². The lowest BCUT2D eigenvalue weighted by atomic mass is 10.0. The Bertz CT molecular complexity index is 955. The first-order valence-electron chi connectivity index (χ1n) is 9.41. The Morgan fingerprint density at radius 1 is 1.39 bits per heavy atom. The first kappa shape index (κ1) is 26.2. The summed E-state index contributed by atoms with van der Waals surface area (Å²) in [5, 5.41) is 23.8. The van der Waals surface area contributed by atoms with Gasteiger partial charge >= 0.3 is 12.1 Å². The number of ether oxygens (including phenoxy) is 1. The number of thioether (sulfide) groups is 2. The molecule has 1 aromatic heterocycles. The zero-order valence-corrected chi connectivity index (χ0v) is 21.3. The van der Waals surface area contributed by atoms with E-state index < -0.39 is 39.8 Å². The Morgan fingerprint density at radius 3 is 2.76 bits per heavy atom. The van der Waals surface area contributed by atoms with E-state index in [9.17, 15) is 19.5 Å². The molecule has 12 nitrogen and oxygen atoms in total. The van der Waals surface area contributed by atoms with Crippen LogP contribution in [0.3, 0.4) is 0 Å². The zero-order chi connectivity index (χ0) is 24.3. The number of nitrogens with one attached hydrogen (secondary N) is 1. The number of alkyl halides is 3. The van der Waals surface area contributed by atoms with Crippen LogP contribution < -0.4 is 5.32 Å². The van der Waals surface area contributed by atoms with E-state index in [1.807, 2.05) is 19.0 Å². The number of aliphatic carboxylic acids is 1. The van der Waals surface area contributed by atoms with Gasteiger partial charge in [-0.1, -0.05) is 46.6 Å². The second kappa shape index (κ2) is 10.9. The summed E-state index contributed by atoms with van der Waals surface area (Å²) in [6.45, 7) is 0.817. The number of amides is 2. The van der Waals surface area contributed by atoms with Gasteiger partial charge in [-0.2, -0.15) is 0 Å². The molecule has 0 bridgehead atoms. The number of tetrazole rings is 1. The second-order valence-corrected chi connectivity index (χ2v) is 11.8. The first-order valence-corrected chi connectivity index (χ1v) is 12.6. The van der Waals surface area contributed by atoms with Crippen LogP contribution in [0.4, 0.5) is 4.79 Å². The number of rotatable bonds is 9. The highest BCUT2D eigenvalue weighted by Crippen LogP contribution is 2.41. The van der Waals surface area contributed by atoms with Gasteiger partial charge in [0.1, 0.15) is 23.7 Å². The number of aromatic nitrogens is 4. The number of halogens is 3. The highest BCUT2D eigenvalue weighted by molar-refractivity contribution is 8.01. The Kier molecular flexibility index (Phi) is 8.61. The summed E-state index contributed by atoms with van der Waals surface area (Å²) >= 11 is 19.2. The van der Waals surface area contributed by atoms with E-state index in [2.05, 4.69) is 20.8 Å². The minimum absolute atomic E-state index is 0.101. The molecule has 0 saturated carbocycles. The molecule has 0 aromatic carbocycles. The summed E-state index contributed by atoms with van der Waals surface area (Å²) in [6, 6.07) is -0.945. The van der Waals surface area contributed by atoms with E-state index in [0.717, 1.165) is 6.54 Å². The molecule has 0 aliphatic carbocycles. The molecule has 2 aliphatic rings. The predicted octanol–water partition coefficient (Wildman–Crippen LogP) is 1.05. The maximum Gasteiger partial charge on any atom is 0.408 e. The average Bonchev–Trinajstić information content (AvgIpc) is 3.19. The highest BCUT2D eigenvalue weighted by Gasteiger charge is 2.54. The van der Waals surface area contributed by atoms with Gasteiger partial charge in [-0.25, -0.2) is 14.3 Å². The fraction of sp³-hybridized carbons (Fsp3) is 0.625. The number of alkyl carbamates (subject to hydrolysis) is 1. The molecule has 1 unspecified atom stereocenters. The molecule has 1 aromatic rings. The smallest absolute Gasteiger partial charge is 0.408 e. The van der Waals surface area contributed by atoms with Gasteiger partial charge in [0, 0.05) is 18.1 Å². The molecule has 2 N–H and O–H groups in total. The summed E-state index contributed by atoms with van der Waals surface area (Å²) < 4.78 is 4.63. The molecular weight excluding hydrogens is 541 g/mol. The molecule has 0 spiro atoms. The second-order valence-electron chi connectivity index (χ2n) is 7.26. The van der Waals surface area contributed by atoms with Crippen molar-refractivity contribution < 1.29 is 24.2 Å². The van der Waals surface area contributed by atoms with Crippen LogP contribution in [0.5, 0.6) is 0 Å².